The maximum Gasteiger partial charge on any atom is 0.279 e. The fourth-order valence-corrected chi connectivity index (χ4v) is 1.90. The molecule has 0 aliphatic rings. The SMILES string of the molecule is O=CCC(F)(F)c1ccc(-c2ccc(Cl)cc2)cc1. The molecule has 0 bridgehead atoms. The molecule has 0 saturated carbocycles. The summed E-state index contributed by atoms with van der Waals surface area (Å²) in [6.07, 6.45) is -0.569. The summed E-state index contributed by atoms with van der Waals surface area (Å²) in [5, 5.41) is 0.623. The molecule has 0 aliphatic heterocycles. The van der Waals surface area contributed by atoms with Crippen molar-refractivity contribution in [3.8, 4) is 11.1 Å². The van der Waals surface area contributed by atoms with Crippen LogP contribution in [0.5, 0.6) is 0 Å². The Balaban J connectivity index is 2.28. The minimum absolute atomic E-state index is 0.155. The minimum atomic E-state index is -3.11. The number of hydrogen-bond acceptors (Lipinski definition) is 1. The molecule has 0 heterocycles. The number of carbonyl (C=O) groups is 1. The molecule has 2 aromatic carbocycles. The van der Waals surface area contributed by atoms with Crippen LogP contribution in [0, 0.1) is 0 Å². The van der Waals surface area contributed by atoms with E-state index in [-0.39, 0.29) is 11.8 Å². The van der Waals surface area contributed by atoms with E-state index in [1.54, 1.807) is 24.3 Å². The van der Waals surface area contributed by atoms with Crippen molar-refractivity contribution in [2.24, 2.45) is 0 Å². The van der Waals surface area contributed by atoms with Crippen molar-refractivity contribution in [1.29, 1.82) is 0 Å². The molecular weight excluding hydrogens is 270 g/mol. The predicted molar refractivity (Wildman–Crippen MR) is 71.5 cm³/mol. The highest BCUT2D eigenvalue weighted by atomic mass is 35.5. The van der Waals surface area contributed by atoms with Crippen LogP contribution in [0.3, 0.4) is 0 Å². The summed E-state index contributed by atoms with van der Waals surface area (Å²) in [6, 6.07) is 13.0. The van der Waals surface area contributed by atoms with Crippen molar-refractivity contribution < 1.29 is 13.6 Å². The Morgan fingerprint density at radius 2 is 1.42 bits per heavy atom. The van der Waals surface area contributed by atoms with Gasteiger partial charge in [-0.25, -0.2) is 8.78 Å². The zero-order valence-corrected chi connectivity index (χ0v) is 10.7. The van der Waals surface area contributed by atoms with E-state index in [2.05, 4.69) is 0 Å². The summed E-state index contributed by atoms with van der Waals surface area (Å²) in [5.74, 6) is -3.11. The normalized spacial score (nSPS) is 11.3. The first kappa shape index (κ1) is 13.7. The van der Waals surface area contributed by atoms with Crippen LogP contribution in [0.2, 0.25) is 5.02 Å². The Morgan fingerprint density at radius 1 is 0.947 bits per heavy atom. The zero-order valence-electron chi connectivity index (χ0n) is 9.95. The smallest absolute Gasteiger partial charge is 0.279 e. The van der Waals surface area contributed by atoms with E-state index < -0.39 is 12.3 Å². The highest BCUT2D eigenvalue weighted by Crippen LogP contribution is 2.32. The fraction of sp³-hybridized carbons (Fsp3) is 0.133. The lowest BCUT2D eigenvalue weighted by Crippen LogP contribution is -2.13. The van der Waals surface area contributed by atoms with Crippen molar-refractivity contribution >= 4 is 17.9 Å². The molecule has 0 radical (unpaired) electrons. The molecule has 0 spiro atoms. The summed E-state index contributed by atoms with van der Waals surface area (Å²) in [4.78, 5) is 10.2. The van der Waals surface area contributed by atoms with E-state index in [9.17, 15) is 13.6 Å². The van der Waals surface area contributed by atoms with E-state index in [1.807, 2.05) is 12.1 Å². The number of aldehydes is 1. The van der Waals surface area contributed by atoms with Gasteiger partial charge in [0.1, 0.15) is 6.29 Å². The molecule has 0 N–H and O–H groups in total. The molecule has 19 heavy (non-hydrogen) atoms. The van der Waals surface area contributed by atoms with Crippen LogP contribution in [0.25, 0.3) is 11.1 Å². The van der Waals surface area contributed by atoms with E-state index in [0.717, 1.165) is 11.1 Å². The molecule has 2 rings (SSSR count). The largest absolute Gasteiger partial charge is 0.303 e. The quantitative estimate of drug-likeness (QED) is 0.743. The molecule has 1 nitrogen and oxygen atoms in total. The third-order valence-electron chi connectivity index (χ3n) is 2.82. The maximum atomic E-state index is 13.5. The Morgan fingerprint density at radius 3 is 1.89 bits per heavy atom. The van der Waals surface area contributed by atoms with Crippen LogP contribution in [0.15, 0.2) is 48.5 Å². The molecule has 0 fully saturated rings. The van der Waals surface area contributed by atoms with Gasteiger partial charge in [0, 0.05) is 10.6 Å². The highest BCUT2D eigenvalue weighted by Gasteiger charge is 2.30. The molecule has 0 aromatic heterocycles. The number of hydrogen-bond donors (Lipinski definition) is 0. The molecule has 4 heteroatoms. The van der Waals surface area contributed by atoms with Gasteiger partial charge in [0.2, 0.25) is 0 Å². The molecule has 0 atom stereocenters. The summed E-state index contributed by atoms with van der Waals surface area (Å²) in [5.41, 5.74) is 1.56. The molecule has 0 amide bonds. The van der Waals surface area contributed by atoms with Crippen molar-refractivity contribution in [3.05, 3.63) is 59.1 Å². The van der Waals surface area contributed by atoms with Crippen LogP contribution >= 0.6 is 11.6 Å². The predicted octanol–water partition coefficient (Wildman–Crippen LogP) is 4.69. The molecule has 0 saturated heterocycles. The summed E-state index contributed by atoms with van der Waals surface area (Å²) >= 11 is 5.79. The van der Waals surface area contributed by atoms with Crippen LogP contribution in [-0.2, 0) is 10.7 Å². The van der Waals surface area contributed by atoms with Gasteiger partial charge in [-0.1, -0.05) is 48.0 Å². The Bertz CT molecular complexity index is 562. The first-order valence-corrected chi connectivity index (χ1v) is 6.09. The van der Waals surface area contributed by atoms with Gasteiger partial charge in [-0.15, -0.1) is 0 Å². The van der Waals surface area contributed by atoms with Gasteiger partial charge in [-0.3, -0.25) is 0 Å². The molecule has 0 unspecified atom stereocenters. The van der Waals surface area contributed by atoms with Gasteiger partial charge in [0.15, 0.2) is 0 Å². The third kappa shape index (κ3) is 3.18. The second-order valence-electron chi connectivity index (χ2n) is 4.16. The molecule has 98 valence electrons. The monoisotopic (exact) mass is 280 g/mol. The van der Waals surface area contributed by atoms with Crippen LogP contribution < -0.4 is 0 Å². The van der Waals surface area contributed by atoms with Crippen molar-refractivity contribution in [2.45, 2.75) is 12.3 Å². The van der Waals surface area contributed by atoms with Crippen LogP contribution in [-0.4, -0.2) is 6.29 Å². The van der Waals surface area contributed by atoms with Crippen LogP contribution in [0.4, 0.5) is 8.78 Å². The molecule has 0 aliphatic carbocycles. The second kappa shape index (κ2) is 5.49. The lowest BCUT2D eigenvalue weighted by Gasteiger charge is -2.14. The Hall–Kier alpha value is -1.74. The molecular formula is C15H11ClF2O. The second-order valence-corrected chi connectivity index (χ2v) is 4.60. The fourth-order valence-electron chi connectivity index (χ4n) is 1.77. The van der Waals surface area contributed by atoms with Gasteiger partial charge in [0.25, 0.3) is 5.92 Å². The average molecular weight is 281 g/mol. The standard InChI is InChI=1S/C15H11ClF2O/c16-14-7-3-12(4-8-14)11-1-5-13(6-2-11)15(17,18)9-10-19/h1-8,10H,9H2. The van der Waals surface area contributed by atoms with Gasteiger partial charge in [-0.2, -0.15) is 0 Å². The number of rotatable bonds is 4. The first-order valence-electron chi connectivity index (χ1n) is 5.71. The number of benzene rings is 2. The third-order valence-corrected chi connectivity index (χ3v) is 3.08. The van der Waals surface area contributed by atoms with Crippen LogP contribution in [0.1, 0.15) is 12.0 Å². The summed E-state index contributed by atoms with van der Waals surface area (Å²) in [6.45, 7) is 0. The van der Waals surface area contributed by atoms with Gasteiger partial charge in [0.05, 0.1) is 6.42 Å². The number of halogens is 3. The zero-order chi connectivity index (χ0) is 13.9. The Kier molecular flexibility index (Phi) is 3.96. The maximum absolute atomic E-state index is 13.5. The number of alkyl halides is 2. The van der Waals surface area contributed by atoms with E-state index in [0.29, 0.717) is 5.02 Å². The topological polar surface area (TPSA) is 17.1 Å². The average Bonchev–Trinajstić information content (AvgIpc) is 2.40. The lowest BCUT2D eigenvalue weighted by molar-refractivity contribution is -0.115. The number of carbonyl (C=O) groups excluding carboxylic acids is 1. The molecule has 2 aromatic rings. The van der Waals surface area contributed by atoms with Crippen molar-refractivity contribution in [3.63, 3.8) is 0 Å². The van der Waals surface area contributed by atoms with E-state index >= 15 is 0 Å². The van der Waals surface area contributed by atoms with Gasteiger partial charge < -0.3 is 4.79 Å². The summed E-state index contributed by atoms with van der Waals surface area (Å²) in [7, 11) is 0. The van der Waals surface area contributed by atoms with E-state index in [4.69, 9.17) is 11.6 Å². The van der Waals surface area contributed by atoms with Gasteiger partial charge in [-0.05, 0) is 23.3 Å². The lowest BCUT2D eigenvalue weighted by atomic mass is 10.0. The minimum Gasteiger partial charge on any atom is -0.303 e. The first-order chi connectivity index (χ1) is 9.03. The highest BCUT2D eigenvalue weighted by molar-refractivity contribution is 6.30. The summed E-state index contributed by atoms with van der Waals surface area (Å²) < 4.78 is 27.0. The van der Waals surface area contributed by atoms with Crippen molar-refractivity contribution in [1.82, 2.24) is 0 Å². The van der Waals surface area contributed by atoms with E-state index in [1.165, 1.54) is 12.1 Å². The van der Waals surface area contributed by atoms with Gasteiger partial charge >= 0.3 is 0 Å². The Labute approximate surface area is 114 Å². The van der Waals surface area contributed by atoms with Crippen molar-refractivity contribution in [2.75, 3.05) is 0 Å².